The second-order valence-electron chi connectivity index (χ2n) is 3.78. The van der Waals surface area contributed by atoms with Crippen molar-refractivity contribution in [3.05, 3.63) is 0 Å². The van der Waals surface area contributed by atoms with E-state index in [1.54, 1.807) is 0 Å². The average molecular weight is 229 g/mol. The van der Waals surface area contributed by atoms with E-state index >= 15 is 0 Å². The van der Waals surface area contributed by atoms with Crippen molar-refractivity contribution < 1.29 is 4.79 Å². The Morgan fingerprint density at radius 1 is 1.13 bits per heavy atom. The first-order chi connectivity index (χ1) is 7.31. The van der Waals surface area contributed by atoms with Gasteiger partial charge in [-0.3, -0.25) is 4.79 Å². The Kier molecular flexibility index (Phi) is 11.2. The summed E-state index contributed by atoms with van der Waals surface area (Å²) >= 11 is 5.89. The van der Waals surface area contributed by atoms with Crippen LogP contribution >= 0.6 is 11.6 Å². The summed E-state index contributed by atoms with van der Waals surface area (Å²) in [5.74, 6) is 5.05. The van der Waals surface area contributed by atoms with Crippen LogP contribution in [0.2, 0.25) is 0 Å². The molecule has 1 unspecified atom stereocenters. The van der Waals surface area contributed by atoms with Gasteiger partial charge in [-0.15, -0.1) is 11.6 Å². The van der Waals surface area contributed by atoms with Gasteiger partial charge in [0.15, 0.2) is 6.29 Å². The molecule has 1 nitrogen and oxygen atoms in total. The van der Waals surface area contributed by atoms with Gasteiger partial charge in [-0.25, -0.2) is 0 Å². The van der Waals surface area contributed by atoms with Crippen LogP contribution in [0.1, 0.15) is 58.3 Å². The van der Waals surface area contributed by atoms with Crippen LogP contribution in [0.4, 0.5) is 0 Å². The lowest BCUT2D eigenvalue weighted by molar-refractivity contribution is -0.103. The van der Waals surface area contributed by atoms with Crippen LogP contribution in [0.5, 0.6) is 0 Å². The Bertz CT molecular complexity index is 202. The number of alkyl halides is 1. The Labute approximate surface area is 98.6 Å². The summed E-state index contributed by atoms with van der Waals surface area (Å²) in [6.07, 6.45) is 10.5. The van der Waals surface area contributed by atoms with Crippen LogP contribution in [-0.4, -0.2) is 11.7 Å². The van der Waals surface area contributed by atoms with E-state index in [9.17, 15) is 4.79 Å². The lowest BCUT2D eigenvalue weighted by atomic mass is 10.1. The largest absolute Gasteiger partial charge is 0.289 e. The third kappa shape index (κ3) is 11.4. The van der Waals surface area contributed by atoms with Crippen LogP contribution in [0.25, 0.3) is 0 Å². The predicted octanol–water partition coefficient (Wildman–Crippen LogP) is 3.94. The van der Waals surface area contributed by atoms with Crippen LogP contribution in [-0.2, 0) is 4.79 Å². The highest BCUT2D eigenvalue weighted by atomic mass is 35.5. The highest BCUT2D eigenvalue weighted by molar-refractivity contribution is 6.22. The second kappa shape index (κ2) is 11.6. The number of halogens is 1. The first kappa shape index (κ1) is 14.5. The summed E-state index contributed by atoms with van der Waals surface area (Å²) in [5, 5.41) is -0.147. The molecular weight excluding hydrogens is 208 g/mol. The van der Waals surface area contributed by atoms with E-state index in [4.69, 9.17) is 11.6 Å². The Morgan fingerprint density at radius 3 is 2.33 bits per heavy atom. The number of aldehydes is 1. The number of carbonyl (C=O) groups excluding carboxylic acids is 1. The van der Waals surface area contributed by atoms with Crippen molar-refractivity contribution in [2.24, 2.45) is 0 Å². The van der Waals surface area contributed by atoms with E-state index in [-0.39, 0.29) is 5.38 Å². The molecule has 0 aromatic heterocycles. The normalized spacial score (nSPS) is 11.6. The van der Waals surface area contributed by atoms with E-state index < -0.39 is 0 Å². The molecule has 15 heavy (non-hydrogen) atoms. The molecule has 0 rings (SSSR count). The van der Waals surface area contributed by atoms with Crippen molar-refractivity contribution in [2.75, 3.05) is 0 Å². The van der Waals surface area contributed by atoms with Crippen molar-refractivity contribution in [2.45, 2.75) is 63.7 Å². The third-order valence-electron chi connectivity index (χ3n) is 2.36. The minimum Gasteiger partial charge on any atom is -0.289 e. The molecule has 0 aliphatic rings. The van der Waals surface area contributed by atoms with Gasteiger partial charge in [0.05, 0.1) is 5.38 Å². The number of unbranched alkanes of at least 4 members (excludes halogenated alkanes) is 6. The molecule has 0 amide bonds. The number of hydrogen-bond acceptors (Lipinski definition) is 1. The molecular formula is C13H21ClO. The van der Waals surface area contributed by atoms with E-state index in [1.165, 1.54) is 38.5 Å². The van der Waals surface area contributed by atoms with Gasteiger partial charge < -0.3 is 0 Å². The van der Waals surface area contributed by atoms with E-state index in [0.717, 1.165) is 12.8 Å². The average Bonchev–Trinajstić information content (AvgIpc) is 2.25. The molecule has 0 N–H and O–H groups in total. The molecule has 1 atom stereocenters. The van der Waals surface area contributed by atoms with Gasteiger partial charge in [0, 0.05) is 0 Å². The zero-order valence-electron chi connectivity index (χ0n) is 9.60. The highest BCUT2D eigenvalue weighted by Gasteiger charge is 1.98. The smallest absolute Gasteiger partial charge is 0.192 e. The highest BCUT2D eigenvalue weighted by Crippen LogP contribution is 2.11. The molecule has 0 aliphatic carbocycles. The fraction of sp³-hybridized carbons (Fsp3) is 0.769. The summed E-state index contributed by atoms with van der Waals surface area (Å²) in [6.45, 7) is 2.23. The van der Waals surface area contributed by atoms with Gasteiger partial charge in [-0.1, -0.05) is 57.8 Å². The first-order valence-corrected chi connectivity index (χ1v) is 6.33. The molecule has 0 aromatic rings. The van der Waals surface area contributed by atoms with Crippen molar-refractivity contribution in [3.63, 3.8) is 0 Å². The van der Waals surface area contributed by atoms with Crippen molar-refractivity contribution >= 4 is 17.9 Å². The van der Waals surface area contributed by atoms with Gasteiger partial charge in [-0.05, 0) is 12.3 Å². The standard InChI is InChI=1S/C13H21ClO/c1-2-3-4-5-6-7-8-10-13(14)11-9-12-15/h12-13H,2-8,10H2,1H3. The maximum absolute atomic E-state index is 9.95. The molecule has 86 valence electrons. The van der Waals surface area contributed by atoms with Crippen LogP contribution in [0.15, 0.2) is 0 Å². The van der Waals surface area contributed by atoms with Crippen molar-refractivity contribution in [1.29, 1.82) is 0 Å². The fourth-order valence-corrected chi connectivity index (χ4v) is 1.69. The number of hydrogen-bond donors (Lipinski definition) is 0. The van der Waals surface area contributed by atoms with Gasteiger partial charge >= 0.3 is 0 Å². The molecule has 0 aliphatic heterocycles. The second-order valence-corrected chi connectivity index (χ2v) is 4.31. The van der Waals surface area contributed by atoms with E-state index in [1.807, 2.05) is 0 Å². The van der Waals surface area contributed by atoms with Crippen LogP contribution in [0.3, 0.4) is 0 Å². The minimum atomic E-state index is -0.147. The van der Waals surface area contributed by atoms with E-state index in [2.05, 4.69) is 18.8 Å². The molecule has 0 aromatic carbocycles. The van der Waals surface area contributed by atoms with Crippen molar-refractivity contribution in [1.82, 2.24) is 0 Å². The monoisotopic (exact) mass is 228 g/mol. The van der Waals surface area contributed by atoms with Gasteiger partial charge in [-0.2, -0.15) is 0 Å². The molecule has 0 saturated heterocycles. The fourth-order valence-electron chi connectivity index (χ4n) is 1.48. The molecule has 0 radical (unpaired) electrons. The Balaban J connectivity index is 3.19. The summed E-state index contributed by atoms with van der Waals surface area (Å²) < 4.78 is 0. The minimum absolute atomic E-state index is 0.147. The quantitative estimate of drug-likeness (QED) is 0.266. The number of carbonyl (C=O) groups is 1. The summed E-state index contributed by atoms with van der Waals surface area (Å²) in [5.41, 5.74) is 0. The van der Waals surface area contributed by atoms with Gasteiger partial charge in [0.2, 0.25) is 0 Å². The topological polar surface area (TPSA) is 17.1 Å². The SMILES string of the molecule is CCCCCCCCCC(Cl)C#CC=O. The summed E-state index contributed by atoms with van der Waals surface area (Å²) in [7, 11) is 0. The summed E-state index contributed by atoms with van der Waals surface area (Å²) in [4.78, 5) is 9.95. The maximum atomic E-state index is 9.95. The maximum Gasteiger partial charge on any atom is 0.192 e. The molecule has 2 heteroatoms. The molecule has 0 spiro atoms. The van der Waals surface area contributed by atoms with Gasteiger partial charge in [0.1, 0.15) is 0 Å². The van der Waals surface area contributed by atoms with Crippen molar-refractivity contribution in [3.8, 4) is 11.8 Å². The van der Waals surface area contributed by atoms with Crippen LogP contribution in [0, 0.1) is 11.8 Å². The molecule has 0 saturated carbocycles. The lowest BCUT2D eigenvalue weighted by Crippen LogP contribution is -1.94. The summed E-state index contributed by atoms with van der Waals surface area (Å²) in [6, 6.07) is 0. The third-order valence-corrected chi connectivity index (χ3v) is 2.69. The Hall–Kier alpha value is -0.480. The molecule has 0 bridgehead atoms. The number of rotatable bonds is 8. The molecule has 0 heterocycles. The molecule has 0 fully saturated rings. The van der Waals surface area contributed by atoms with Crippen LogP contribution < -0.4 is 0 Å². The zero-order valence-corrected chi connectivity index (χ0v) is 10.4. The first-order valence-electron chi connectivity index (χ1n) is 5.90. The predicted molar refractivity (Wildman–Crippen MR) is 66.1 cm³/mol. The van der Waals surface area contributed by atoms with Gasteiger partial charge in [0.25, 0.3) is 0 Å². The van der Waals surface area contributed by atoms with E-state index in [0.29, 0.717) is 6.29 Å². The lowest BCUT2D eigenvalue weighted by Gasteiger charge is -2.02. The Morgan fingerprint density at radius 2 is 1.73 bits per heavy atom. The zero-order chi connectivity index (χ0) is 11.4.